The molecule has 0 aliphatic heterocycles. The molecule has 0 saturated heterocycles. The Bertz CT molecular complexity index is 119. The summed E-state index contributed by atoms with van der Waals surface area (Å²) in [5.74, 6) is 0. The summed E-state index contributed by atoms with van der Waals surface area (Å²) in [5.41, 5.74) is 0. The van der Waals surface area contributed by atoms with Gasteiger partial charge in [0.05, 0.1) is 12.5 Å². The SMILES string of the molecule is CC(CC#N)N(C)CCI. The Labute approximate surface area is 76.3 Å². The first-order chi connectivity index (χ1) is 4.72. The molecule has 0 aromatic carbocycles. The summed E-state index contributed by atoms with van der Waals surface area (Å²) in [6.45, 7) is 3.15. The van der Waals surface area contributed by atoms with Gasteiger partial charge in [0, 0.05) is 17.0 Å². The molecule has 0 fully saturated rings. The molecule has 0 saturated carbocycles. The summed E-state index contributed by atoms with van der Waals surface area (Å²) >= 11 is 2.34. The van der Waals surface area contributed by atoms with Gasteiger partial charge in [0.1, 0.15) is 0 Å². The van der Waals surface area contributed by atoms with Crippen molar-refractivity contribution in [2.75, 3.05) is 18.0 Å². The molecule has 0 N–H and O–H groups in total. The monoisotopic (exact) mass is 252 g/mol. The molecule has 1 unspecified atom stereocenters. The number of nitrogens with zero attached hydrogens (tertiary/aromatic N) is 2. The van der Waals surface area contributed by atoms with Crippen molar-refractivity contribution < 1.29 is 0 Å². The van der Waals surface area contributed by atoms with Gasteiger partial charge in [-0.1, -0.05) is 22.6 Å². The Balaban J connectivity index is 3.50. The van der Waals surface area contributed by atoms with Crippen molar-refractivity contribution in [1.29, 1.82) is 5.26 Å². The summed E-state index contributed by atoms with van der Waals surface area (Å²) in [5, 5.41) is 8.38. The lowest BCUT2D eigenvalue weighted by molar-refractivity contribution is 0.278. The Morgan fingerprint density at radius 3 is 2.70 bits per heavy atom. The Morgan fingerprint density at radius 1 is 1.70 bits per heavy atom. The number of rotatable bonds is 4. The molecule has 0 aliphatic carbocycles. The fraction of sp³-hybridized carbons (Fsp3) is 0.857. The number of alkyl halides is 1. The molecule has 0 spiro atoms. The van der Waals surface area contributed by atoms with E-state index < -0.39 is 0 Å². The molecule has 58 valence electrons. The molecule has 1 atom stereocenters. The maximum Gasteiger partial charge on any atom is 0.0638 e. The highest BCUT2D eigenvalue weighted by atomic mass is 127. The quantitative estimate of drug-likeness (QED) is 0.562. The number of halogens is 1. The number of hydrogen-bond acceptors (Lipinski definition) is 2. The first-order valence-electron chi connectivity index (χ1n) is 3.35. The van der Waals surface area contributed by atoms with E-state index in [1.807, 2.05) is 0 Å². The first kappa shape index (κ1) is 10.2. The van der Waals surface area contributed by atoms with Crippen LogP contribution in [0.5, 0.6) is 0 Å². The van der Waals surface area contributed by atoms with E-state index in [4.69, 9.17) is 5.26 Å². The van der Waals surface area contributed by atoms with Gasteiger partial charge in [0.25, 0.3) is 0 Å². The second-order valence-corrected chi connectivity index (χ2v) is 3.46. The molecule has 0 heterocycles. The largest absolute Gasteiger partial charge is 0.302 e. The van der Waals surface area contributed by atoms with E-state index in [0.717, 1.165) is 11.0 Å². The highest BCUT2D eigenvalue weighted by molar-refractivity contribution is 14.1. The lowest BCUT2D eigenvalue weighted by atomic mass is 10.2. The van der Waals surface area contributed by atoms with Crippen LogP contribution in [0, 0.1) is 11.3 Å². The number of hydrogen-bond donors (Lipinski definition) is 0. The maximum atomic E-state index is 8.38. The van der Waals surface area contributed by atoms with E-state index in [1.165, 1.54) is 0 Å². The van der Waals surface area contributed by atoms with Crippen molar-refractivity contribution in [3.05, 3.63) is 0 Å². The third-order valence-corrected chi connectivity index (χ3v) is 2.06. The Kier molecular flexibility index (Phi) is 6.03. The molecular weight excluding hydrogens is 239 g/mol. The van der Waals surface area contributed by atoms with Crippen molar-refractivity contribution in [2.45, 2.75) is 19.4 Å². The van der Waals surface area contributed by atoms with Gasteiger partial charge in [-0.15, -0.1) is 0 Å². The lowest BCUT2D eigenvalue weighted by Gasteiger charge is -2.20. The van der Waals surface area contributed by atoms with Crippen LogP contribution in [0.1, 0.15) is 13.3 Å². The minimum atomic E-state index is 0.403. The van der Waals surface area contributed by atoms with E-state index in [2.05, 4.69) is 47.5 Å². The topological polar surface area (TPSA) is 27.0 Å². The fourth-order valence-electron chi connectivity index (χ4n) is 0.642. The molecule has 0 rings (SSSR count). The fourth-order valence-corrected chi connectivity index (χ4v) is 1.40. The van der Waals surface area contributed by atoms with Crippen LogP contribution in [0.2, 0.25) is 0 Å². The van der Waals surface area contributed by atoms with Gasteiger partial charge in [-0.2, -0.15) is 5.26 Å². The summed E-state index contributed by atoms with van der Waals surface area (Å²) in [6.07, 6.45) is 0.632. The van der Waals surface area contributed by atoms with Gasteiger partial charge in [-0.05, 0) is 14.0 Å². The molecule has 0 aliphatic rings. The third kappa shape index (κ3) is 4.07. The summed E-state index contributed by atoms with van der Waals surface area (Å²) in [7, 11) is 2.06. The van der Waals surface area contributed by atoms with E-state index in [0.29, 0.717) is 12.5 Å². The van der Waals surface area contributed by atoms with Crippen molar-refractivity contribution in [1.82, 2.24) is 4.90 Å². The lowest BCUT2D eigenvalue weighted by Crippen LogP contribution is -2.30. The Morgan fingerprint density at radius 2 is 2.30 bits per heavy atom. The van der Waals surface area contributed by atoms with Gasteiger partial charge < -0.3 is 4.90 Å². The average Bonchev–Trinajstić information content (AvgIpc) is 1.89. The van der Waals surface area contributed by atoms with Crippen LogP contribution in [-0.2, 0) is 0 Å². The maximum absolute atomic E-state index is 8.38. The predicted molar refractivity (Wildman–Crippen MR) is 51.2 cm³/mol. The molecule has 0 amide bonds. The smallest absolute Gasteiger partial charge is 0.0638 e. The van der Waals surface area contributed by atoms with Crippen LogP contribution in [0.15, 0.2) is 0 Å². The van der Waals surface area contributed by atoms with Crippen LogP contribution in [0.3, 0.4) is 0 Å². The predicted octanol–water partition coefficient (Wildman–Crippen LogP) is 1.66. The van der Waals surface area contributed by atoms with Gasteiger partial charge in [0.15, 0.2) is 0 Å². The minimum absolute atomic E-state index is 0.403. The van der Waals surface area contributed by atoms with Crippen LogP contribution in [-0.4, -0.2) is 29.0 Å². The third-order valence-electron chi connectivity index (χ3n) is 1.58. The standard InChI is InChI=1S/C7H13IN2/c1-7(3-5-9)10(2)6-4-8/h7H,3-4,6H2,1-2H3. The van der Waals surface area contributed by atoms with Crippen molar-refractivity contribution >= 4 is 22.6 Å². The molecule has 10 heavy (non-hydrogen) atoms. The highest BCUT2D eigenvalue weighted by Crippen LogP contribution is 1.99. The van der Waals surface area contributed by atoms with E-state index in [9.17, 15) is 0 Å². The zero-order chi connectivity index (χ0) is 7.98. The molecule has 2 nitrogen and oxygen atoms in total. The minimum Gasteiger partial charge on any atom is -0.302 e. The molecule has 0 aromatic rings. The summed E-state index contributed by atoms with van der Waals surface area (Å²) in [6, 6.07) is 2.57. The van der Waals surface area contributed by atoms with Gasteiger partial charge in [-0.25, -0.2) is 0 Å². The Hall–Kier alpha value is 0.180. The van der Waals surface area contributed by atoms with E-state index in [1.54, 1.807) is 0 Å². The highest BCUT2D eigenvalue weighted by Gasteiger charge is 2.05. The van der Waals surface area contributed by atoms with E-state index >= 15 is 0 Å². The van der Waals surface area contributed by atoms with E-state index in [-0.39, 0.29) is 0 Å². The van der Waals surface area contributed by atoms with Crippen molar-refractivity contribution in [3.63, 3.8) is 0 Å². The summed E-state index contributed by atoms with van der Waals surface area (Å²) < 4.78 is 1.13. The molecular formula is C7H13IN2. The van der Waals surface area contributed by atoms with Crippen molar-refractivity contribution in [3.8, 4) is 6.07 Å². The van der Waals surface area contributed by atoms with Crippen LogP contribution >= 0.6 is 22.6 Å². The van der Waals surface area contributed by atoms with Crippen LogP contribution in [0.4, 0.5) is 0 Å². The van der Waals surface area contributed by atoms with Gasteiger partial charge >= 0.3 is 0 Å². The van der Waals surface area contributed by atoms with Gasteiger partial charge in [-0.3, -0.25) is 0 Å². The van der Waals surface area contributed by atoms with Crippen LogP contribution in [0.25, 0.3) is 0 Å². The first-order valence-corrected chi connectivity index (χ1v) is 4.88. The molecule has 0 aromatic heterocycles. The zero-order valence-electron chi connectivity index (χ0n) is 6.47. The normalized spacial score (nSPS) is 13.1. The summed E-state index contributed by atoms with van der Waals surface area (Å²) in [4.78, 5) is 2.20. The van der Waals surface area contributed by atoms with Crippen LogP contribution < -0.4 is 0 Å². The number of nitriles is 1. The average molecular weight is 252 g/mol. The van der Waals surface area contributed by atoms with Crippen molar-refractivity contribution in [2.24, 2.45) is 0 Å². The second kappa shape index (κ2) is 5.93. The van der Waals surface area contributed by atoms with Gasteiger partial charge in [0.2, 0.25) is 0 Å². The second-order valence-electron chi connectivity index (χ2n) is 2.38. The molecule has 0 radical (unpaired) electrons. The zero-order valence-corrected chi connectivity index (χ0v) is 8.63. The molecule has 0 bridgehead atoms. The molecule has 3 heteroatoms.